The smallest absolute Gasteiger partial charge is 0.274 e. The zero-order valence-corrected chi connectivity index (χ0v) is 15.4. The lowest BCUT2D eigenvalue weighted by Gasteiger charge is -2.15. The topological polar surface area (TPSA) is 80.7 Å². The Bertz CT molecular complexity index is 986. The second kappa shape index (κ2) is 6.54. The second-order valence-corrected chi connectivity index (χ2v) is 7.27. The van der Waals surface area contributed by atoms with Gasteiger partial charge in [0.25, 0.3) is 5.91 Å². The van der Waals surface area contributed by atoms with E-state index in [2.05, 4.69) is 4.98 Å². The van der Waals surface area contributed by atoms with E-state index in [4.69, 9.17) is 5.73 Å². The molecule has 0 spiro atoms. The summed E-state index contributed by atoms with van der Waals surface area (Å²) in [5, 5.41) is 0. The number of aryl methyl sites for hydroxylation is 2. The average Bonchev–Trinajstić information content (AvgIpc) is 3.27. The molecule has 2 aromatic heterocycles. The first-order valence-corrected chi connectivity index (χ1v) is 9.03. The molecule has 6 heteroatoms. The zero-order chi connectivity index (χ0) is 19.1. The molecule has 138 valence electrons. The highest BCUT2D eigenvalue weighted by atomic mass is 16.2. The van der Waals surface area contributed by atoms with Crippen molar-refractivity contribution in [2.45, 2.75) is 19.8 Å². The molecule has 0 radical (unpaired) electrons. The average molecular weight is 362 g/mol. The van der Waals surface area contributed by atoms with Gasteiger partial charge in [0.2, 0.25) is 5.91 Å². The van der Waals surface area contributed by atoms with Crippen molar-refractivity contribution in [3.8, 4) is 0 Å². The van der Waals surface area contributed by atoms with Gasteiger partial charge in [-0.05, 0) is 36.6 Å². The second-order valence-electron chi connectivity index (χ2n) is 7.27. The van der Waals surface area contributed by atoms with Crippen LogP contribution in [0.3, 0.4) is 0 Å². The lowest BCUT2D eigenvalue weighted by atomic mass is 9.89. The number of hydrogen-bond donors (Lipinski definition) is 1. The van der Waals surface area contributed by atoms with Gasteiger partial charge in [-0.1, -0.05) is 30.3 Å². The molecule has 0 bridgehead atoms. The molecular weight excluding hydrogens is 340 g/mol. The van der Waals surface area contributed by atoms with Crippen LogP contribution in [-0.2, 0) is 4.79 Å². The van der Waals surface area contributed by atoms with Crippen molar-refractivity contribution in [1.82, 2.24) is 14.3 Å². The van der Waals surface area contributed by atoms with Crippen LogP contribution in [-0.4, -0.2) is 39.2 Å². The fraction of sp³-hybridized carbons (Fsp3) is 0.286. The number of amides is 2. The van der Waals surface area contributed by atoms with Crippen LogP contribution < -0.4 is 5.73 Å². The Morgan fingerprint density at radius 1 is 1.07 bits per heavy atom. The highest BCUT2D eigenvalue weighted by Crippen LogP contribution is 2.33. The maximum Gasteiger partial charge on any atom is 0.274 e. The maximum absolute atomic E-state index is 13.0. The van der Waals surface area contributed by atoms with Crippen LogP contribution in [0.5, 0.6) is 0 Å². The molecule has 3 aromatic rings. The first-order valence-electron chi connectivity index (χ1n) is 9.03. The molecule has 2 amide bonds. The SMILES string of the molecule is Cc1cc2nc(C(=O)N3C[C@H](C(N)=O)[C@@H](c4ccccc4)C3)cn2cc1C. The first kappa shape index (κ1) is 17.3. The Labute approximate surface area is 157 Å². The number of carbonyl (C=O) groups excluding carboxylic acids is 2. The first-order chi connectivity index (χ1) is 12.9. The van der Waals surface area contributed by atoms with Crippen molar-refractivity contribution in [3.05, 3.63) is 71.2 Å². The number of imidazole rings is 1. The third-order valence-electron chi connectivity index (χ3n) is 5.48. The number of aromatic nitrogens is 2. The molecule has 1 aromatic carbocycles. The van der Waals surface area contributed by atoms with E-state index in [1.807, 2.05) is 60.8 Å². The molecule has 3 heterocycles. The van der Waals surface area contributed by atoms with Crippen LogP contribution in [0.25, 0.3) is 5.65 Å². The number of rotatable bonds is 3. The summed E-state index contributed by atoms with van der Waals surface area (Å²) in [4.78, 5) is 31.2. The zero-order valence-electron chi connectivity index (χ0n) is 15.4. The van der Waals surface area contributed by atoms with Gasteiger partial charge in [-0.2, -0.15) is 0 Å². The number of carbonyl (C=O) groups is 2. The van der Waals surface area contributed by atoms with E-state index in [0.717, 1.165) is 22.3 Å². The summed E-state index contributed by atoms with van der Waals surface area (Å²) < 4.78 is 1.87. The van der Waals surface area contributed by atoms with Crippen LogP contribution in [0.1, 0.15) is 33.1 Å². The van der Waals surface area contributed by atoms with E-state index in [9.17, 15) is 9.59 Å². The van der Waals surface area contributed by atoms with Gasteiger partial charge in [0.15, 0.2) is 0 Å². The monoisotopic (exact) mass is 362 g/mol. The summed E-state index contributed by atoms with van der Waals surface area (Å²) in [5.41, 5.74) is 10.0. The van der Waals surface area contributed by atoms with Crippen LogP contribution in [0.4, 0.5) is 0 Å². The van der Waals surface area contributed by atoms with E-state index in [1.54, 1.807) is 11.1 Å². The Balaban J connectivity index is 1.63. The highest BCUT2D eigenvalue weighted by Gasteiger charge is 2.40. The summed E-state index contributed by atoms with van der Waals surface area (Å²) in [7, 11) is 0. The van der Waals surface area contributed by atoms with Crippen molar-refractivity contribution in [3.63, 3.8) is 0 Å². The lowest BCUT2D eigenvalue weighted by Crippen LogP contribution is -2.32. The van der Waals surface area contributed by atoms with Crippen LogP contribution in [0.2, 0.25) is 0 Å². The van der Waals surface area contributed by atoms with Crippen molar-refractivity contribution in [2.24, 2.45) is 11.7 Å². The normalized spacial score (nSPS) is 19.6. The van der Waals surface area contributed by atoms with Crippen molar-refractivity contribution in [1.29, 1.82) is 0 Å². The van der Waals surface area contributed by atoms with Crippen LogP contribution in [0.15, 0.2) is 48.8 Å². The minimum Gasteiger partial charge on any atom is -0.369 e. The maximum atomic E-state index is 13.0. The predicted octanol–water partition coefficient (Wildman–Crippen LogP) is 2.29. The van der Waals surface area contributed by atoms with E-state index in [1.165, 1.54) is 0 Å². The molecule has 1 aliphatic heterocycles. The third-order valence-corrected chi connectivity index (χ3v) is 5.48. The fourth-order valence-electron chi connectivity index (χ4n) is 3.80. The van der Waals surface area contributed by atoms with Crippen molar-refractivity contribution >= 4 is 17.5 Å². The van der Waals surface area contributed by atoms with Gasteiger partial charge in [0.1, 0.15) is 11.3 Å². The standard InChI is InChI=1S/C21H22N4O2/c1-13-8-19-23-18(12-24(19)9-14(13)2)21(27)25-10-16(17(11-25)20(22)26)15-6-4-3-5-7-15/h3-9,12,16-17H,10-11H2,1-2H3,(H2,22,26)/t16-,17+/m1/s1. The van der Waals surface area contributed by atoms with Gasteiger partial charge >= 0.3 is 0 Å². The Morgan fingerprint density at radius 3 is 2.52 bits per heavy atom. The largest absolute Gasteiger partial charge is 0.369 e. The molecule has 0 unspecified atom stereocenters. The summed E-state index contributed by atoms with van der Waals surface area (Å²) in [6, 6.07) is 11.7. The van der Waals surface area contributed by atoms with Crippen molar-refractivity contribution in [2.75, 3.05) is 13.1 Å². The molecule has 0 saturated carbocycles. The highest BCUT2D eigenvalue weighted by molar-refractivity contribution is 5.94. The van der Waals surface area contributed by atoms with Gasteiger partial charge < -0.3 is 15.0 Å². The van der Waals surface area contributed by atoms with Gasteiger partial charge in [0, 0.05) is 31.4 Å². The minimum atomic E-state index is -0.391. The Hall–Kier alpha value is -3.15. The molecule has 27 heavy (non-hydrogen) atoms. The summed E-state index contributed by atoms with van der Waals surface area (Å²) in [6.45, 7) is 4.83. The summed E-state index contributed by atoms with van der Waals surface area (Å²) >= 11 is 0. The molecule has 0 aliphatic carbocycles. The van der Waals surface area contributed by atoms with E-state index in [0.29, 0.717) is 18.8 Å². The Kier molecular flexibility index (Phi) is 4.18. The van der Waals surface area contributed by atoms with Gasteiger partial charge in [-0.3, -0.25) is 9.59 Å². The Morgan fingerprint density at radius 2 is 1.81 bits per heavy atom. The number of likely N-dealkylation sites (tertiary alicyclic amines) is 1. The fourth-order valence-corrected chi connectivity index (χ4v) is 3.80. The van der Waals surface area contributed by atoms with E-state index >= 15 is 0 Å². The van der Waals surface area contributed by atoms with Gasteiger partial charge in [-0.25, -0.2) is 4.98 Å². The number of fused-ring (bicyclic) bond motifs is 1. The quantitative estimate of drug-likeness (QED) is 0.776. The summed E-state index contributed by atoms with van der Waals surface area (Å²) in [5.74, 6) is -1.02. The number of hydrogen-bond acceptors (Lipinski definition) is 3. The number of benzene rings is 1. The lowest BCUT2D eigenvalue weighted by molar-refractivity contribution is -0.121. The van der Waals surface area contributed by atoms with Gasteiger partial charge in [0.05, 0.1) is 5.92 Å². The molecule has 1 fully saturated rings. The molecule has 4 rings (SSSR count). The number of nitrogens with two attached hydrogens (primary N) is 1. The molecule has 2 atom stereocenters. The number of pyridine rings is 1. The number of nitrogens with zero attached hydrogens (tertiary/aromatic N) is 3. The van der Waals surface area contributed by atoms with Gasteiger partial charge in [-0.15, -0.1) is 0 Å². The van der Waals surface area contributed by atoms with Crippen molar-refractivity contribution < 1.29 is 9.59 Å². The molecule has 1 aliphatic rings. The summed E-state index contributed by atoms with van der Waals surface area (Å²) in [6.07, 6.45) is 3.72. The van der Waals surface area contributed by atoms with Crippen LogP contribution >= 0.6 is 0 Å². The van der Waals surface area contributed by atoms with E-state index < -0.39 is 5.92 Å². The molecule has 6 nitrogen and oxygen atoms in total. The third kappa shape index (κ3) is 3.07. The minimum absolute atomic E-state index is 0.0887. The van der Waals surface area contributed by atoms with E-state index in [-0.39, 0.29) is 17.7 Å². The molecule has 1 saturated heterocycles. The molecule has 2 N–H and O–H groups in total. The molecular formula is C21H22N4O2. The predicted molar refractivity (Wildman–Crippen MR) is 102 cm³/mol. The van der Waals surface area contributed by atoms with Crippen LogP contribution in [0, 0.1) is 19.8 Å². The number of primary amides is 1.